The van der Waals surface area contributed by atoms with Gasteiger partial charge in [0.15, 0.2) is 0 Å². The summed E-state index contributed by atoms with van der Waals surface area (Å²) in [6.07, 6.45) is 4.88. The highest BCUT2D eigenvalue weighted by Gasteiger charge is 2.08. The van der Waals surface area contributed by atoms with Crippen molar-refractivity contribution in [1.82, 2.24) is 20.6 Å². The molecule has 0 aliphatic carbocycles. The van der Waals surface area contributed by atoms with E-state index in [2.05, 4.69) is 85.1 Å². The van der Waals surface area contributed by atoms with Crippen LogP contribution in [0.25, 0.3) is 21.8 Å². The Morgan fingerprint density at radius 2 is 0.971 bits per heavy atom. The lowest BCUT2D eigenvalue weighted by atomic mass is 10.1. The summed E-state index contributed by atoms with van der Waals surface area (Å²) >= 11 is 0. The third-order valence-electron chi connectivity index (χ3n) is 6.13. The Hall–Kier alpha value is -1.36. The molecular formula is C28H36I2N4. The highest BCUT2D eigenvalue weighted by Crippen LogP contribution is 2.17. The monoisotopic (exact) mass is 682 g/mol. The van der Waals surface area contributed by atoms with Crippen LogP contribution in [0.1, 0.15) is 63.0 Å². The predicted molar refractivity (Wildman–Crippen MR) is 166 cm³/mol. The van der Waals surface area contributed by atoms with Crippen LogP contribution in [0.15, 0.2) is 72.8 Å². The van der Waals surface area contributed by atoms with Crippen molar-refractivity contribution in [1.29, 1.82) is 0 Å². The molecule has 0 radical (unpaired) electrons. The topological polar surface area (TPSA) is 49.8 Å². The number of hydrogen-bond acceptors (Lipinski definition) is 4. The van der Waals surface area contributed by atoms with Crippen molar-refractivity contribution in [2.24, 2.45) is 0 Å². The summed E-state index contributed by atoms with van der Waals surface area (Å²) in [5.41, 5.74) is 4.37. The summed E-state index contributed by atoms with van der Waals surface area (Å²) in [7, 11) is 0. The molecule has 2 N–H and O–H groups in total. The number of nitrogens with zero attached hydrogens (tertiary/aromatic N) is 2. The molecule has 2 aromatic heterocycles. The van der Waals surface area contributed by atoms with Crippen LogP contribution < -0.4 is 10.6 Å². The fourth-order valence-corrected chi connectivity index (χ4v) is 4.10. The van der Waals surface area contributed by atoms with Gasteiger partial charge >= 0.3 is 0 Å². The van der Waals surface area contributed by atoms with Gasteiger partial charge in [-0.3, -0.25) is 9.97 Å². The maximum absolute atomic E-state index is 4.80. The van der Waals surface area contributed by atoms with Crippen molar-refractivity contribution in [3.8, 4) is 0 Å². The fraction of sp³-hybridized carbons (Fsp3) is 0.357. The van der Waals surface area contributed by atoms with Gasteiger partial charge in [0.25, 0.3) is 0 Å². The molecule has 4 nitrogen and oxygen atoms in total. The van der Waals surface area contributed by atoms with E-state index in [4.69, 9.17) is 9.97 Å². The van der Waals surface area contributed by atoms with Gasteiger partial charge in [0.05, 0.1) is 22.4 Å². The van der Waals surface area contributed by atoms with Gasteiger partial charge in [-0.2, -0.15) is 0 Å². The quantitative estimate of drug-likeness (QED) is 0.127. The van der Waals surface area contributed by atoms with E-state index in [1.54, 1.807) is 0 Å². The lowest BCUT2D eigenvalue weighted by Gasteiger charge is -2.15. The first-order valence-electron chi connectivity index (χ1n) is 11.9. The molecule has 0 saturated carbocycles. The second-order valence-electron chi connectivity index (χ2n) is 8.62. The summed E-state index contributed by atoms with van der Waals surface area (Å²) in [6, 6.07) is 25.7. The fourth-order valence-electron chi connectivity index (χ4n) is 4.10. The summed E-state index contributed by atoms with van der Waals surface area (Å²) < 4.78 is 0. The van der Waals surface area contributed by atoms with Gasteiger partial charge in [-0.25, -0.2) is 0 Å². The molecule has 0 saturated heterocycles. The molecule has 0 bridgehead atoms. The normalized spacial score (nSPS) is 12.6. The van der Waals surface area contributed by atoms with Gasteiger partial charge in [-0.1, -0.05) is 61.4 Å². The molecule has 2 heterocycles. The van der Waals surface area contributed by atoms with Gasteiger partial charge in [0, 0.05) is 22.9 Å². The Bertz CT molecular complexity index is 1060. The molecule has 2 aromatic carbocycles. The van der Waals surface area contributed by atoms with Crippen molar-refractivity contribution < 1.29 is 0 Å². The van der Waals surface area contributed by atoms with E-state index in [1.165, 1.54) is 36.5 Å². The zero-order valence-corrected chi connectivity index (χ0v) is 24.7. The number of para-hydroxylation sites is 2. The van der Waals surface area contributed by atoms with Crippen molar-refractivity contribution in [3.63, 3.8) is 0 Å². The minimum absolute atomic E-state index is 0. The average molecular weight is 682 g/mol. The number of aromatic nitrogens is 2. The van der Waals surface area contributed by atoms with Gasteiger partial charge in [0.2, 0.25) is 0 Å². The minimum Gasteiger partial charge on any atom is -0.309 e. The van der Waals surface area contributed by atoms with Crippen LogP contribution in [0.3, 0.4) is 0 Å². The molecule has 4 aromatic rings. The molecule has 0 amide bonds. The Kier molecular flexibility index (Phi) is 12.7. The standard InChI is InChI=1S/C28H34N4.2HI/c1-21(25-17-15-23-11-5-7-13-27(23)31-25)29-19-9-3-4-10-20-30-22(2)26-18-16-24-12-6-8-14-28(24)32-26;;/h5-8,11-18,21-22,29-30H,3-4,9-10,19-20H2,1-2H3;2*1H. The smallest absolute Gasteiger partial charge is 0.0706 e. The van der Waals surface area contributed by atoms with Gasteiger partial charge in [0.1, 0.15) is 0 Å². The molecule has 182 valence electrons. The number of halogens is 2. The molecule has 34 heavy (non-hydrogen) atoms. The molecule has 6 heteroatoms. The van der Waals surface area contributed by atoms with Crippen LogP contribution in [0, 0.1) is 0 Å². The van der Waals surface area contributed by atoms with Crippen molar-refractivity contribution in [3.05, 3.63) is 84.2 Å². The molecule has 0 fully saturated rings. The highest BCUT2D eigenvalue weighted by molar-refractivity contribution is 14.0. The van der Waals surface area contributed by atoms with E-state index >= 15 is 0 Å². The first kappa shape index (κ1) is 28.9. The molecule has 0 spiro atoms. The summed E-state index contributed by atoms with van der Waals surface area (Å²) in [5.74, 6) is 0. The number of fused-ring (bicyclic) bond motifs is 2. The zero-order valence-electron chi connectivity index (χ0n) is 20.0. The third kappa shape index (κ3) is 8.10. The maximum atomic E-state index is 4.80. The van der Waals surface area contributed by atoms with Crippen LogP contribution >= 0.6 is 48.0 Å². The van der Waals surface area contributed by atoms with Crippen molar-refractivity contribution >= 4 is 69.8 Å². The Labute approximate surface area is 237 Å². The molecule has 2 unspecified atom stereocenters. The van der Waals surface area contributed by atoms with Crippen LogP contribution in [0.2, 0.25) is 0 Å². The molecule has 0 aliphatic rings. The summed E-state index contributed by atoms with van der Waals surface area (Å²) in [4.78, 5) is 9.59. The number of unbranched alkanes of at least 4 members (excludes halogenated alkanes) is 3. The number of pyridine rings is 2. The van der Waals surface area contributed by atoms with Gasteiger partial charge < -0.3 is 10.6 Å². The first-order chi connectivity index (χ1) is 15.7. The first-order valence-corrected chi connectivity index (χ1v) is 11.9. The number of hydrogen-bond donors (Lipinski definition) is 2. The van der Waals surface area contributed by atoms with Crippen LogP contribution in [-0.2, 0) is 0 Å². The van der Waals surface area contributed by atoms with E-state index in [0.717, 1.165) is 35.5 Å². The lowest BCUT2D eigenvalue weighted by molar-refractivity contribution is 0.503. The molecule has 0 aliphatic heterocycles. The molecule has 4 rings (SSSR count). The van der Waals surface area contributed by atoms with E-state index in [0.29, 0.717) is 0 Å². The molecular weight excluding hydrogens is 646 g/mol. The average Bonchev–Trinajstić information content (AvgIpc) is 2.84. The third-order valence-corrected chi connectivity index (χ3v) is 6.13. The van der Waals surface area contributed by atoms with E-state index in [9.17, 15) is 0 Å². The lowest BCUT2D eigenvalue weighted by Crippen LogP contribution is -2.21. The van der Waals surface area contributed by atoms with Crippen molar-refractivity contribution in [2.75, 3.05) is 13.1 Å². The van der Waals surface area contributed by atoms with Crippen LogP contribution in [0.4, 0.5) is 0 Å². The van der Waals surface area contributed by atoms with E-state index in [-0.39, 0.29) is 60.0 Å². The Balaban J connectivity index is 0.00000204. The van der Waals surface area contributed by atoms with E-state index < -0.39 is 0 Å². The van der Waals surface area contributed by atoms with E-state index in [1.807, 2.05) is 12.1 Å². The second kappa shape index (κ2) is 14.9. The van der Waals surface area contributed by atoms with Gasteiger partial charge in [-0.15, -0.1) is 48.0 Å². The maximum Gasteiger partial charge on any atom is 0.0706 e. The SMILES string of the molecule is CC(NCCCCCCNC(C)c1ccc2ccccc2n1)c1ccc2ccccc2n1.I.I. The second-order valence-corrected chi connectivity index (χ2v) is 8.62. The minimum atomic E-state index is 0. The van der Waals surface area contributed by atoms with Crippen LogP contribution in [0.5, 0.6) is 0 Å². The predicted octanol–water partition coefficient (Wildman–Crippen LogP) is 7.58. The largest absolute Gasteiger partial charge is 0.309 e. The number of nitrogens with one attached hydrogen (secondary N) is 2. The number of rotatable bonds is 11. The van der Waals surface area contributed by atoms with Gasteiger partial charge in [-0.05, 0) is 64.0 Å². The summed E-state index contributed by atoms with van der Waals surface area (Å²) in [5, 5.41) is 9.64. The zero-order chi connectivity index (χ0) is 22.2. The Morgan fingerprint density at radius 3 is 1.41 bits per heavy atom. The number of benzene rings is 2. The Morgan fingerprint density at radius 1 is 0.559 bits per heavy atom. The van der Waals surface area contributed by atoms with Crippen LogP contribution in [-0.4, -0.2) is 23.1 Å². The van der Waals surface area contributed by atoms with Crippen molar-refractivity contribution in [2.45, 2.75) is 51.6 Å². The highest BCUT2D eigenvalue weighted by atomic mass is 127. The molecule has 2 atom stereocenters. The summed E-state index contributed by atoms with van der Waals surface area (Å²) in [6.45, 7) is 6.45.